The third kappa shape index (κ3) is 3.86. The summed E-state index contributed by atoms with van der Waals surface area (Å²) in [5, 5.41) is 3.40. The highest BCUT2D eigenvalue weighted by Crippen LogP contribution is 2.47. The van der Waals surface area contributed by atoms with Gasteiger partial charge in [-0.2, -0.15) is 0 Å². The molecule has 3 aromatic rings. The highest BCUT2D eigenvalue weighted by atomic mass is 16.5. The van der Waals surface area contributed by atoms with Gasteiger partial charge in [0.05, 0.1) is 44.5 Å². The summed E-state index contributed by atoms with van der Waals surface area (Å²) in [5.74, 6) is 1.89. The number of anilines is 1. The van der Waals surface area contributed by atoms with E-state index >= 15 is 0 Å². The van der Waals surface area contributed by atoms with Crippen molar-refractivity contribution in [3.63, 3.8) is 0 Å². The number of aromatic nitrogens is 2. The highest BCUT2D eigenvalue weighted by Gasteiger charge is 2.38. The molecule has 0 bridgehead atoms. The first kappa shape index (κ1) is 22.5. The third-order valence-corrected chi connectivity index (χ3v) is 5.72. The molecule has 2 heterocycles. The predicted molar refractivity (Wildman–Crippen MR) is 126 cm³/mol. The van der Waals surface area contributed by atoms with Gasteiger partial charge in [0.2, 0.25) is 5.95 Å². The second-order valence-corrected chi connectivity index (χ2v) is 7.64. The van der Waals surface area contributed by atoms with E-state index in [0.717, 1.165) is 28.7 Å². The number of carbonyl (C=O) groups excluding carboxylic acids is 1. The van der Waals surface area contributed by atoms with Crippen molar-refractivity contribution in [1.82, 2.24) is 9.55 Å². The number of nitrogens with zero attached hydrogens (tertiary/aromatic N) is 2. The molecule has 0 saturated heterocycles. The summed E-state index contributed by atoms with van der Waals surface area (Å²) < 4.78 is 24.5. The average molecular weight is 452 g/mol. The van der Waals surface area contributed by atoms with Gasteiger partial charge in [0.25, 0.3) is 0 Å². The van der Waals surface area contributed by atoms with Crippen LogP contribution in [0.3, 0.4) is 0 Å². The standard InChI is InChI=1S/C25H29N3O5/c1-6-10-18-21(24(29)33-7-2)22(16-13-15(30-3)14-20(31-4)23(16)32-5)28-19-12-9-8-11-17(19)26-25(28)27-18/h8-9,11-14,22H,6-7,10H2,1-5H3,(H,26,27)/t22-/m1/s1. The summed E-state index contributed by atoms with van der Waals surface area (Å²) in [5.41, 5.74) is 3.72. The fraction of sp³-hybridized carbons (Fsp3) is 0.360. The molecule has 1 aliphatic heterocycles. The van der Waals surface area contributed by atoms with Gasteiger partial charge in [-0.1, -0.05) is 25.5 Å². The highest BCUT2D eigenvalue weighted by molar-refractivity contribution is 5.94. The number of allylic oxidation sites excluding steroid dienone is 1. The SMILES string of the molecule is CCCC1=C(C(=O)OCC)[C@@H](c2cc(OC)cc(OC)c2OC)n2c(nc3ccccc32)N1. The smallest absolute Gasteiger partial charge is 0.338 e. The van der Waals surface area contributed by atoms with E-state index in [1.54, 1.807) is 34.3 Å². The van der Waals surface area contributed by atoms with Crippen LogP contribution in [-0.2, 0) is 9.53 Å². The molecule has 0 radical (unpaired) electrons. The minimum absolute atomic E-state index is 0.268. The van der Waals surface area contributed by atoms with Crippen molar-refractivity contribution < 1.29 is 23.7 Å². The molecule has 174 valence electrons. The van der Waals surface area contributed by atoms with Gasteiger partial charge in [-0.05, 0) is 31.5 Å². The number of esters is 1. The monoisotopic (exact) mass is 451 g/mol. The Labute approximate surface area is 193 Å². The van der Waals surface area contributed by atoms with Crippen molar-refractivity contribution in [1.29, 1.82) is 0 Å². The first-order valence-corrected chi connectivity index (χ1v) is 11.0. The predicted octanol–water partition coefficient (Wildman–Crippen LogP) is 4.69. The van der Waals surface area contributed by atoms with Crippen LogP contribution < -0.4 is 19.5 Å². The Morgan fingerprint density at radius 2 is 1.88 bits per heavy atom. The van der Waals surface area contributed by atoms with Crippen molar-refractivity contribution in [2.75, 3.05) is 33.3 Å². The lowest BCUT2D eigenvalue weighted by molar-refractivity contribution is -0.139. The van der Waals surface area contributed by atoms with Crippen LogP contribution >= 0.6 is 0 Å². The Morgan fingerprint density at radius 3 is 2.55 bits per heavy atom. The molecule has 33 heavy (non-hydrogen) atoms. The first-order valence-electron chi connectivity index (χ1n) is 11.0. The number of hydrogen-bond donors (Lipinski definition) is 1. The van der Waals surface area contributed by atoms with Gasteiger partial charge in [0.1, 0.15) is 11.8 Å². The van der Waals surface area contributed by atoms with Crippen molar-refractivity contribution >= 4 is 23.0 Å². The van der Waals surface area contributed by atoms with Gasteiger partial charge in [-0.25, -0.2) is 9.78 Å². The second kappa shape index (κ2) is 9.44. The molecule has 8 heteroatoms. The third-order valence-electron chi connectivity index (χ3n) is 5.72. The van der Waals surface area contributed by atoms with Crippen LogP contribution in [-0.4, -0.2) is 43.5 Å². The van der Waals surface area contributed by atoms with Crippen LogP contribution in [0.2, 0.25) is 0 Å². The first-order chi connectivity index (χ1) is 16.1. The van der Waals surface area contributed by atoms with Gasteiger partial charge in [-0.15, -0.1) is 0 Å². The molecule has 1 aliphatic rings. The Hall–Kier alpha value is -3.68. The van der Waals surface area contributed by atoms with E-state index in [-0.39, 0.29) is 12.6 Å². The number of ether oxygens (including phenoxy) is 4. The van der Waals surface area contributed by atoms with Gasteiger partial charge in [-0.3, -0.25) is 4.57 Å². The zero-order chi connectivity index (χ0) is 23.5. The van der Waals surface area contributed by atoms with Gasteiger partial charge in [0.15, 0.2) is 11.5 Å². The molecular formula is C25H29N3O5. The zero-order valence-corrected chi connectivity index (χ0v) is 19.6. The van der Waals surface area contributed by atoms with Gasteiger partial charge >= 0.3 is 5.97 Å². The fourth-order valence-corrected chi connectivity index (χ4v) is 4.36. The summed E-state index contributed by atoms with van der Waals surface area (Å²) in [7, 11) is 4.75. The lowest BCUT2D eigenvalue weighted by Crippen LogP contribution is -2.30. The molecule has 8 nitrogen and oxygen atoms in total. The van der Waals surface area contributed by atoms with Gasteiger partial charge in [0, 0.05) is 17.3 Å². The molecule has 1 aromatic heterocycles. The Bertz CT molecular complexity index is 1210. The fourth-order valence-electron chi connectivity index (χ4n) is 4.36. The topological polar surface area (TPSA) is 83.8 Å². The second-order valence-electron chi connectivity index (χ2n) is 7.64. The maximum absolute atomic E-state index is 13.4. The molecule has 0 unspecified atom stereocenters. The van der Waals surface area contributed by atoms with Gasteiger partial charge < -0.3 is 24.3 Å². The lowest BCUT2D eigenvalue weighted by atomic mass is 9.92. The van der Waals surface area contributed by atoms with Crippen LogP contribution in [0.5, 0.6) is 17.2 Å². The molecule has 0 saturated carbocycles. The Balaban J connectivity index is 2.09. The number of rotatable bonds is 8. The van der Waals surface area contributed by atoms with Crippen LogP contribution in [0.4, 0.5) is 5.95 Å². The van der Waals surface area contributed by atoms with E-state index in [1.165, 1.54) is 0 Å². The molecule has 0 aliphatic carbocycles. The molecule has 1 atom stereocenters. The molecule has 0 spiro atoms. The van der Waals surface area contributed by atoms with Crippen LogP contribution in [0.1, 0.15) is 38.3 Å². The number of nitrogens with one attached hydrogen (secondary N) is 1. The van der Waals surface area contributed by atoms with E-state index < -0.39 is 6.04 Å². The largest absolute Gasteiger partial charge is 0.497 e. The number of hydrogen-bond acceptors (Lipinski definition) is 7. The van der Waals surface area contributed by atoms with Crippen molar-refractivity contribution in [3.05, 3.63) is 53.2 Å². The van der Waals surface area contributed by atoms with Crippen LogP contribution in [0.15, 0.2) is 47.7 Å². The Morgan fingerprint density at radius 1 is 1.09 bits per heavy atom. The number of benzene rings is 2. The number of para-hydroxylation sites is 2. The van der Waals surface area contributed by atoms with Crippen LogP contribution in [0, 0.1) is 0 Å². The molecular weight excluding hydrogens is 422 g/mol. The van der Waals surface area contributed by atoms with E-state index in [4.69, 9.17) is 23.9 Å². The number of imidazole rings is 1. The average Bonchev–Trinajstić information content (AvgIpc) is 3.20. The maximum atomic E-state index is 13.4. The van der Waals surface area contributed by atoms with E-state index in [1.807, 2.05) is 34.9 Å². The molecule has 0 fully saturated rings. The van der Waals surface area contributed by atoms with E-state index in [9.17, 15) is 4.79 Å². The molecule has 1 N–H and O–H groups in total. The quantitative estimate of drug-likeness (QED) is 0.497. The number of methoxy groups -OCH3 is 3. The Kier molecular flexibility index (Phi) is 6.44. The molecule has 4 rings (SSSR count). The minimum Gasteiger partial charge on any atom is -0.497 e. The van der Waals surface area contributed by atoms with Crippen molar-refractivity contribution in [2.45, 2.75) is 32.7 Å². The molecule has 2 aromatic carbocycles. The summed E-state index contributed by atoms with van der Waals surface area (Å²) in [6.07, 6.45) is 1.51. The van der Waals surface area contributed by atoms with Crippen LogP contribution in [0.25, 0.3) is 11.0 Å². The zero-order valence-electron chi connectivity index (χ0n) is 19.6. The maximum Gasteiger partial charge on any atom is 0.338 e. The van der Waals surface area contributed by atoms with E-state index in [0.29, 0.717) is 35.2 Å². The van der Waals surface area contributed by atoms with Crippen molar-refractivity contribution in [3.8, 4) is 17.2 Å². The number of fused-ring (bicyclic) bond motifs is 3. The minimum atomic E-state index is -0.562. The molecule has 0 amide bonds. The lowest BCUT2D eigenvalue weighted by Gasteiger charge is -2.32. The normalized spacial score (nSPS) is 15.1. The number of carbonyl (C=O) groups is 1. The van der Waals surface area contributed by atoms with Crippen molar-refractivity contribution in [2.24, 2.45) is 0 Å². The summed E-state index contributed by atoms with van der Waals surface area (Å²) in [6.45, 7) is 4.14. The summed E-state index contributed by atoms with van der Waals surface area (Å²) in [6, 6.07) is 10.9. The summed E-state index contributed by atoms with van der Waals surface area (Å²) >= 11 is 0. The summed E-state index contributed by atoms with van der Waals surface area (Å²) in [4.78, 5) is 18.2. The van der Waals surface area contributed by atoms with E-state index in [2.05, 4.69) is 12.2 Å².